The largest absolute Gasteiger partial charge is 0.457 e. The molecule has 5 rings (SSSR count). The second-order valence-corrected chi connectivity index (χ2v) is 14.5. The van der Waals surface area contributed by atoms with Crippen molar-refractivity contribution in [3.05, 3.63) is 59.2 Å². The Kier molecular flexibility index (Phi) is 8.87. The maximum Gasteiger partial charge on any atom is 0.323 e. The lowest BCUT2D eigenvalue weighted by molar-refractivity contribution is -0.187. The van der Waals surface area contributed by atoms with Crippen LogP contribution in [0.2, 0.25) is 0 Å². The zero-order valence-corrected chi connectivity index (χ0v) is 26.4. The van der Waals surface area contributed by atoms with Gasteiger partial charge in [0.1, 0.15) is 17.2 Å². The molecule has 5 N–H and O–H groups in total. The van der Waals surface area contributed by atoms with Gasteiger partial charge in [0.15, 0.2) is 5.78 Å². The van der Waals surface area contributed by atoms with E-state index in [4.69, 9.17) is 10.5 Å². The zero-order chi connectivity index (χ0) is 31.2. The molecule has 1 aromatic rings. The summed E-state index contributed by atoms with van der Waals surface area (Å²) >= 11 is 0. The molecule has 0 amide bonds. The van der Waals surface area contributed by atoms with Gasteiger partial charge in [-0.1, -0.05) is 95.4 Å². The predicted molar refractivity (Wildman–Crippen MR) is 166 cm³/mol. The fourth-order valence-electron chi connectivity index (χ4n) is 9.02. The van der Waals surface area contributed by atoms with Crippen LogP contribution in [0.3, 0.4) is 0 Å². The van der Waals surface area contributed by atoms with Crippen LogP contribution in [0.15, 0.2) is 53.6 Å². The number of ether oxygens (including phenoxy) is 1. The average molecular weight is 594 g/mol. The van der Waals surface area contributed by atoms with E-state index < -0.39 is 51.8 Å². The number of aliphatic hydroxyl groups is 3. The van der Waals surface area contributed by atoms with Gasteiger partial charge in [-0.2, -0.15) is 0 Å². The quantitative estimate of drug-likeness (QED) is 0.155. The first-order chi connectivity index (χ1) is 20.3. The lowest BCUT2D eigenvalue weighted by Gasteiger charge is -2.50. The van der Waals surface area contributed by atoms with E-state index in [0.717, 1.165) is 25.7 Å². The van der Waals surface area contributed by atoms with E-state index in [0.29, 0.717) is 24.0 Å². The zero-order valence-electron chi connectivity index (χ0n) is 26.4. The number of esters is 1. The van der Waals surface area contributed by atoms with Crippen molar-refractivity contribution >= 4 is 11.8 Å². The summed E-state index contributed by atoms with van der Waals surface area (Å²) in [6.45, 7) is 7.37. The molecule has 43 heavy (non-hydrogen) atoms. The number of ketones is 1. The van der Waals surface area contributed by atoms with E-state index >= 15 is 0 Å². The van der Waals surface area contributed by atoms with Crippen LogP contribution in [0.25, 0.3) is 0 Å². The fraction of sp³-hybridized carbons (Fsp3) is 0.667. The van der Waals surface area contributed by atoms with Crippen molar-refractivity contribution in [2.75, 3.05) is 6.61 Å². The highest BCUT2D eigenvalue weighted by Gasteiger charge is 2.83. The molecule has 0 heterocycles. The molecule has 7 heteroatoms. The Morgan fingerprint density at radius 3 is 2.37 bits per heavy atom. The van der Waals surface area contributed by atoms with Gasteiger partial charge < -0.3 is 25.8 Å². The Labute approximate surface area is 256 Å². The maximum absolute atomic E-state index is 13.4. The van der Waals surface area contributed by atoms with Crippen molar-refractivity contribution in [3.8, 4) is 0 Å². The van der Waals surface area contributed by atoms with Crippen molar-refractivity contribution in [3.63, 3.8) is 0 Å². The molecule has 2 fully saturated rings. The number of aryl methyl sites for hydroxylation is 1. The van der Waals surface area contributed by atoms with Gasteiger partial charge in [-0.25, -0.2) is 0 Å². The summed E-state index contributed by atoms with van der Waals surface area (Å²) in [6.07, 6.45) is 12.2. The van der Waals surface area contributed by atoms with Crippen molar-refractivity contribution in [1.82, 2.24) is 0 Å². The van der Waals surface area contributed by atoms with Gasteiger partial charge >= 0.3 is 5.97 Å². The number of rotatable bonds is 12. The monoisotopic (exact) mass is 593 g/mol. The lowest BCUT2D eigenvalue weighted by Crippen LogP contribution is -2.61. The molecule has 2 saturated carbocycles. The van der Waals surface area contributed by atoms with E-state index in [1.54, 1.807) is 13.0 Å². The number of benzene rings is 1. The van der Waals surface area contributed by atoms with Crippen molar-refractivity contribution in [1.29, 1.82) is 0 Å². The predicted octanol–water partition coefficient (Wildman–Crippen LogP) is 4.81. The number of hydrogen-bond donors (Lipinski definition) is 4. The third-order valence-corrected chi connectivity index (χ3v) is 11.5. The smallest absolute Gasteiger partial charge is 0.323 e. The molecule has 0 bridgehead atoms. The number of aliphatic hydroxyl groups excluding tert-OH is 1. The molecule has 0 spiro atoms. The Bertz CT molecular complexity index is 1270. The van der Waals surface area contributed by atoms with Gasteiger partial charge in [0.25, 0.3) is 0 Å². The summed E-state index contributed by atoms with van der Waals surface area (Å²) in [7, 11) is 0. The van der Waals surface area contributed by atoms with Gasteiger partial charge in [-0.05, 0) is 55.2 Å². The van der Waals surface area contributed by atoms with Crippen molar-refractivity contribution in [2.24, 2.45) is 34.8 Å². The highest BCUT2D eigenvalue weighted by Crippen LogP contribution is 2.76. The molecule has 7 nitrogen and oxygen atoms in total. The van der Waals surface area contributed by atoms with E-state index in [2.05, 4.69) is 38.1 Å². The first-order valence-corrected chi connectivity index (χ1v) is 16.3. The molecule has 0 aromatic heterocycles. The molecule has 8 atom stereocenters. The second kappa shape index (κ2) is 11.9. The normalized spacial score (nSPS) is 36.4. The molecule has 0 radical (unpaired) electrons. The van der Waals surface area contributed by atoms with Crippen molar-refractivity contribution < 1.29 is 29.6 Å². The van der Waals surface area contributed by atoms with Gasteiger partial charge in [-0.3, -0.25) is 9.59 Å². The number of carbonyl (C=O) groups excluding carboxylic acids is 2. The van der Waals surface area contributed by atoms with Crippen LogP contribution in [0.1, 0.15) is 91.0 Å². The molecule has 236 valence electrons. The number of fused-ring (bicyclic) bond motifs is 5. The fourth-order valence-corrected chi connectivity index (χ4v) is 9.02. The topological polar surface area (TPSA) is 130 Å². The average Bonchev–Trinajstić information content (AvgIpc) is 3.38. The van der Waals surface area contributed by atoms with E-state index in [1.807, 2.05) is 19.1 Å². The standard InChI is InChI=1S/C36H51NO6/c1-23-18-29-34(41,31(23)39)21-26(22-38)19-27-30-33(3,4)35(30,20-24(2)36(27,29)42)43-32(40)28(37)17-13-8-6-5-7-10-14-25-15-11-9-12-16-25/h9,11-12,15-16,18-19,24,27-30,38,41-42H,5-8,10,13-14,17,20-22,37H2,1-4H3/t24-,27+,28?,29-,30-,34-,35+,36-/m1/s1. The van der Waals surface area contributed by atoms with Crippen LogP contribution >= 0.6 is 0 Å². The summed E-state index contributed by atoms with van der Waals surface area (Å²) in [5.74, 6) is -2.73. The van der Waals surface area contributed by atoms with E-state index in [-0.39, 0.29) is 24.9 Å². The first kappa shape index (κ1) is 32.1. The van der Waals surface area contributed by atoms with Crippen LogP contribution < -0.4 is 5.73 Å². The molecule has 1 unspecified atom stereocenters. The van der Waals surface area contributed by atoms with Crippen LogP contribution in [0, 0.1) is 29.1 Å². The van der Waals surface area contributed by atoms with Crippen LogP contribution in [-0.4, -0.2) is 56.5 Å². The van der Waals surface area contributed by atoms with Crippen LogP contribution in [-0.2, 0) is 20.7 Å². The minimum absolute atomic E-state index is 0.0236. The third-order valence-electron chi connectivity index (χ3n) is 11.5. The summed E-state index contributed by atoms with van der Waals surface area (Å²) in [5, 5.41) is 34.3. The Balaban J connectivity index is 1.19. The van der Waals surface area contributed by atoms with Gasteiger partial charge in [0.2, 0.25) is 0 Å². The van der Waals surface area contributed by atoms with E-state index in [1.165, 1.54) is 24.8 Å². The maximum atomic E-state index is 13.4. The summed E-state index contributed by atoms with van der Waals surface area (Å²) in [5.41, 5.74) is 4.21. The SMILES string of the molecule is CC1=C[C@H]2[C@@]3(O)[C@H](C)C[C@]4(OC(=O)C(N)CCCCCCCCc5ccccc5)[C@H]([C@@H]3C=C(CO)C[C@]2(O)C1=O)C4(C)C. The number of nitrogens with two attached hydrogens (primary N) is 1. The number of unbranched alkanes of at least 4 members (excludes halogenated alkanes) is 5. The number of Topliss-reactive ketones (excluding diaryl/α,β-unsaturated/α-hetero) is 1. The molecular formula is C36H51NO6. The van der Waals surface area contributed by atoms with E-state index in [9.17, 15) is 24.9 Å². The second-order valence-electron chi connectivity index (χ2n) is 14.5. The van der Waals surface area contributed by atoms with Gasteiger partial charge in [0, 0.05) is 29.6 Å². The Morgan fingerprint density at radius 2 is 1.70 bits per heavy atom. The summed E-state index contributed by atoms with van der Waals surface area (Å²) < 4.78 is 6.32. The van der Waals surface area contributed by atoms with Gasteiger partial charge in [0.05, 0.1) is 12.2 Å². The highest BCUT2D eigenvalue weighted by molar-refractivity contribution is 6.04. The summed E-state index contributed by atoms with van der Waals surface area (Å²) in [6, 6.07) is 9.86. The Hall–Kier alpha value is -2.32. The molecule has 0 saturated heterocycles. The molecule has 1 aromatic carbocycles. The minimum Gasteiger partial charge on any atom is -0.457 e. The number of carbonyl (C=O) groups is 2. The molecule has 4 aliphatic carbocycles. The van der Waals surface area contributed by atoms with Crippen molar-refractivity contribution in [2.45, 2.75) is 115 Å². The first-order valence-electron chi connectivity index (χ1n) is 16.3. The lowest BCUT2D eigenvalue weighted by atomic mass is 9.60. The highest BCUT2D eigenvalue weighted by atomic mass is 16.6. The molecule has 0 aliphatic heterocycles. The number of hydrogen-bond acceptors (Lipinski definition) is 7. The molecule has 4 aliphatic rings. The van der Waals surface area contributed by atoms with Crippen LogP contribution in [0.5, 0.6) is 0 Å². The molecular weight excluding hydrogens is 542 g/mol. The van der Waals surface area contributed by atoms with Gasteiger partial charge in [-0.15, -0.1) is 0 Å². The minimum atomic E-state index is -1.80. The van der Waals surface area contributed by atoms with Crippen LogP contribution in [0.4, 0.5) is 0 Å². The third kappa shape index (κ3) is 5.34. The summed E-state index contributed by atoms with van der Waals surface area (Å²) in [4.78, 5) is 26.5. The Morgan fingerprint density at radius 1 is 1.05 bits per heavy atom.